The van der Waals surface area contributed by atoms with Crippen molar-refractivity contribution < 1.29 is 8.42 Å². The van der Waals surface area contributed by atoms with Crippen molar-refractivity contribution in [2.45, 2.75) is 24.8 Å². The number of sulfonamides is 1. The molecule has 124 valence electrons. The van der Waals surface area contributed by atoms with Crippen molar-refractivity contribution >= 4 is 15.8 Å². The van der Waals surface area contributed by atoms with Gasteiger partial charge in [0.05, 0.1) is 11.4 Å². The van der Waals surface area contributed by atoms with Crippen LogP contribution >= 0.6 is 0 Å². The molecule has 5 nitrogen and oxygen atoms in total. The second-order valence-electron chi connectivity index (χ2n) is 5.49. The van der Waals surface area contributed by atoms with Crippen molar-refractivity contribution in [3.05, 3.63) is 78.0 Å². The maximum Gasteiger partial charge on any atom is 0.263 e. The Morgan fingerprint density at radius 2 is 1.67 bits per heavy atom. The molecular weight excluding hydrogens is 322 g/mol. The van der Waals surface area contributed by atoms with E-state index in [0.717, 1.165) is 17.5 Å². The minimum Gasteiger partial charge on any atom is -0.266 e. The first-order chi connectivity index (χ1) is 11.6. The van der Waals surface area contributed by atoms with Crippen LogP contribution in [0.3, 0.4) is 0 Å². The van der Waals surface area contributed by atoms with Crippen LogP contribution in [0.15, 0.2) is 71.8 Å². The van der Waals surface area contributed by atoms with E-state index in [4.69, 9.17) is 0 Å². The van der Waals surface area contributed by atoms with Gasteiger partial charge in [-0.1, -0.05) is 49.4 Å². The van der Waals surface area contributed by atoms with Gasteiger partial charge in [0, 0.05) is 12.3 Å². The third-order valence-corrected chi connectivity index (χ3v) is 5.08. The molecule has 0 atom stereocenters. The van der Waals surface area contributed by atoms with Gasteiger partial charge in [0.1, 0.15) is 0 Å². The minimum absolute atomic E-state index is 0.234. The molecule has 1 aromatic heterocycles. The molecule has 0 spiro atoms. The number of aryl methyl sites for hydroxylation is 1. The largest absolute Gasteiger partial charge is 0.266 e. The average Bonchev–Trinajstić information content (AvgIpc) is 3.02. The van der Waals surface area contributed by atoms with Crippen molar-refractivity contribution in [1.29, 1.82) is 0 Å². The lowest BCUT2D eigenvalue weighted by atomic mass is 10.2. The summed E-state index contributed by atoms with van der Waals surface area (Å²) in [4.78, 5) is 0.234. The van der Waals surface area contributed by atoms with Gasteiger partial charge in [-0.2, -0.15) is 5.10 Å². The number of benzene rings is 2. The lowest BCUT2D eigenvalue weighted by Gasteiger charge is -2.06. The molecule has 0 saturated carbocycles. The Bertz CT molecular complexity index is 901. The van der Waals surface area contributed by atoms with E-state index in [1.807, 2.05) is 49.4 Å². The normalized spacial score (nSPS) is 11.4. The Hall–Kier alpha value is -2.60. The fraction of sp³-hybridized carbons (Fsp3) is 0.167. The van der Waals surface area contributed by atoms with Gasteiger partial charge in [-0.25, -0.2) is 8.42 Å². The Balaban J connectivity index is 1.73. The summed E-state index contributed by atoms with van der Waals surface area (Å²) in [5.41, 5.74) is 2.20. The quantitative estimate of drug-likeness (QED) is 0.748. The first-order valence-electron chi connectivity index (χ1n) is 7.76. The molecule has 0 aliphatic carbocycles. The number of anilines is 1. The van der Waals surface area contributed by atoms with Gasteiger partial charge in [-0.3, -0.25) is 9.40 Å². The lowest BCUT2D eigenvalue weighted by Crippen LogP contribution is -2.13. The van der Waals surface area contributed by atoms with Gasteiger partial charge < -0.3 is 0 Å². The van der Waals surface area contributed by atoms with E-state index >= 15 is 0 Å². The highest BCUT2D eigenvalue weighted by molar-refractivity contribution is 7.92. The Morgan fingerprint density at radius 3 is 2.33 bits per heavy atom. The zero-order chi connectivity index (χ0) is 17.0. The minimum atomic E-state index is -3.62. The second-order valence-corrected chi connectivity index (χ2v) is 7.17. The van der Waals surface area contributed by atoms with Gasteiger partial charge in [-0.15, -0.1) is 0 Å². The van der Waals surface area contributed by atoms with Crippen LogP contribution in [-0.2, 0) is 23.0 Å². The monoisotopic (exact) mass is 341 g/mol. The molecule has 24 heavy (non-hydrogen) atoms. The molecule has 0 aliphatic rings. The summed E-state index contributed by atoms with van der Waals surface area (Å²) in [6.45, 7) is 2.62. The van der Waals surface area contributed by atoms with E-state index in [2.05, 4.69) is 9.82 Å². The molecule has 0 bridgehead atoms. The van der Waals surface area contributed by atoms with Gasteiger partial charge in [0.15, 0.2) is 5.82 Å². The highest BCUT2D eigenvalue weighted by atomic mass is 32.2. The van der Waals surface area contributed by atoms with Gasteiger partial charge in [-0.05, 0) is 29.7 Å². The fourth-order valence-electron chi connectivity index (χ4n) is 2.38. The van der Waals surface area contributed by atoms with E-state index in [1.165, 1.54) is 0 Å². The summed E-state index contributed by atoms with van der Waals surface area (Å²) in [5.74, 6) is 0.311. The molecule has 0 aliphatic heterocycles. The van der Waals surface area contributed by atoms with Crippen LogP contribution in [0.5, 0.6) is 0 Å². The van der Waals surface area contributed by atoms with Gasteiger partial charge in [0.25, 0.3) is 10.0 Å². The summed E-state index contributed by atoms with van der Waals surface area (Å²) in [6, 6.07) is 18.4. The molecule has 0 radical (unpaired) electrons. The summed E-state index contributed by atoms with van der Waals surface area (Å²) in [5, 5.41) is 4.28. The zero-order valence-electron chi connectivity index (χ0n) is 13.4. The number of nitrogens with zero attached hydrogens (tertiary/aromatic N) is 2. The van der Waals surface area contributed by atoms with Crippen molar-refractivity contribution in [2.75, 3.05) is 4.72 Å². The summed E-state index contributed by atoms with van der Waals surface area (Å²) in [7, 11) is -3.62. The predicted molar refractivity (Wildman–Crippen MR) is 94.4 cm³/mol. The Labute approximate surface area is 142 Å². The van der Waals surface area contributed by atoms with Crippen molar-refractivity contribution in [3.8, 4) is 0 Å². The molecule has 3 rings (SSSR count). The van der Waals surface area contributed by atoms with E-state index in [9.17, 15) is 8.42 Å². The average molecular weight is 341 g/mol. The molecule has 6 heteroatoms. The maximum atomic E-state index is 12.4. The number of hydrogen-bond donors (Lipinski definition) is 1. The van der Waals surface area contributed by atoms with Gasteiger partial charge in [0.2, 0.25) is 0 Å². The Kier molecular flexibility index (Phi) is 4.66. The summed E-state index contributed by atoms with van der Waals surface area (Å²) >= 11 is 0. The van der Waals surface area contributed by atoms with Crippen LogP contribution in [0.2, 0.25) is 0 Å². The number of hydrogen-bond acceptors (Lipinski definition) is 3. The summed E-state index contributed by atoms with van der Waals surface area (Å²) in [6.07, 6.45) is 2.63. The molecule has 0 amide bonds. The summed E-state index contributed by atoms with van der Waals surface area (Å²) < 4.78 is 29.0. The fourth-order valence-corrected chi connectivity index (χ4v) is 3.37. The van der Waals surface area contributed by atoms with Crippen molar-refractivity contribution in [2.24, 2.45) is 0 Å². The molecule has 0 saturated heterocycles. The van der Waals surface area contributed by atoms with Crippen LogP contribution in [0.1, 0.15) is 18.1 Å². The number of nitrogens with one attached hydrogen (secondary N) is 1. The predicted octanol–water partition coefficient (Wildman–Crippen LogP) is 3.29. The van der Waals surface area contributed by atoms with Crippen LogP contribution in [0, 0.1) is 0 Å². The number of aromatic nitrogens is 2. The molecule has 2 aromatic carbocycles. The molecule has 3 aromatic rings. The smallest absolute Gasteiger partial charge is 0.263 e. The van der Waals surface area contributed by atoms with E-state index < -0.39 is 10.0 Å². The van der Waals surface area contributed by atoms with Crippen LogP contribution in [0.4, 0.5) is 5.82 Å². The van der Waals surface area contributed by atoms with Crippen molar-refractivity contribution in [3.63, 3.8) is 0 Å². The highest BCUT2D eigenvalue weighted by Crippen LogP contribution is 2.16. The molecule has 1 heterocycles. The SMILES string of the molecule is CCc1ccc(S(=O)(=O)Nc2ccn(Cc3ccccc3)n2)cc1. The molecular formula is C18H19N3O2S. The number of rotatable bonds is 6. The standard InChI is InChI=1S/C18H19N3O2S/c1-2-15-8-10-17(11-9-15)24(22,23)20-18-12-13-21(19-18)14-16-6-4-3-5-7-16/h3-13H,2,14H2,1H3,(H,19,20). The highest BCUT2D eigenvalue weighted by Gasteiger charge is 2.15. The lowest BCUT2D eigenvalue weighted by molar-refractivity contribution is 0.600. The van der Waals surface area contributed by atoms with E-state index in [1.54, 1.807) is 29.1 Å². The maximum absolute atomic E-state index is 12.4. The van der Waals surface area contributed by atoms with Crippen LogP contribution in [0.25, 0.3) is 0 Å². The van der Waals surface area contributed by atoms with Gasteiger partial charge >= 0.3 is 0 Å². The van der Waals surface area contributed by atoms with E-state index in [0.29, 0.717) is 12.4 Å². The third kappa shape index (κ3) is 3.83. The first kappa shape index (κ1) is 16.3. The molecule has 0 fully saturated rings. The van der Waals surface area contributed by atoms with Crippen LogP contribution < -0.4 is 4.72 Å². The second kappa shape index (κ2) is 6.88. The molecule has 0 unspecified atom stereocenters. The van der Waals surface area contributed by atoms with Crippen molar-refractivity contribution in [1.82, 2.24) is 9.78 Å². The van der Waals surface area contributed by atoms with Crippen LogP contribution in [-0.4, -0.2) is 18.2 Å². The third-order valence-electron chi connectivity index (χ3n) is 3.71. The molecule has 1 N–H and O–H groups in total. The van der Waals surface area contributed by atoms with E-state index in [-0.39, 0.29) is 4.90 Å². The zero-order valence-corrected chi connectivity index (χ0v) is 14.2. The first-order valence-corrected chi connectivity index (χ1v) is 9.24. The Morgan fingerprint density at radius 1 is 0.958 bits per heavy atom. The topological polar surface area (TPSA) is 64.0 Å².